The zero-order valence-electron chi connectivity index (χ0n) is 11.4. The molecule has 5 heteroatoms. The fraction of sp³-hybridized carbons (Fsp3) is 0. The van der Waals surface area contributed by atoms with Crippen molar-refractivity contribution in [2.75, 3.05) is 0 Å². The average Bonchev–Trinajstić information content (AvgIpc) is 3.04. The van der Waals surface area contributed by atoms with Gasteiger partial charge >= 0.3 is 0 Å². The van der Waals surface area contributed by atoms with Gasteiger partial charge in [-0.2, -0.15) is 0 Å². The summed E-state index contributed by atoms with van der Waals surface area (Å²) in [6.45, 7) is 0. The van der Waals surface area contributed by atoms with Crippen LogP contribution in [0.1, 0.15) is 0 Å². The van der Waals surface area contributed by atoms with E-state index in [9.17, 15) is 0 Å². The average molecular weight is 324 g/mol. The minimum absolute atomic E-state index is 0.719. The Morgan fingerprint density at radius 1 is 0.818 bits per heavy atom. The molecule has 0 saturated heterocycles. The molecule has 0 spiro atoms. The van der Waals surface area contributed by atoms with Crippen LogP contribution in [0.3, 0.4) is 0 Å². The van der Waals surface area contributed by atoms with Gasteiger partial charge in [-0.15, -0.1) is 21.6 Å². The number of para-hydroxylation sites is 1. The van der Waals surface area contributed by atoms with Crippen molar-refractivity contribution < 1.29 is 0 Å². The zero-order chi connectivity index (χ0) is 14.9. The van der Waals surface area contributed by atoms with E-state index in [2.05, 4.69) is 15.2 Å². The van der Waals surface area contributed by atoms with E-state index >= 15 is 0 Å². The molecule has 0 saturated carbocycles. The first-order chi connectivity index (χ1) is 10.8. The summed E-state index contributed by atoms with van der Waals surface area (Å²) in [4.78, 5) is 4.35. The number of benzene rings is 3. The standard InChI is InChI=1S/C17H10ClN3S/c18-13-8-9-14(12-5-2-1-4-11(12)13)20-21-15-6-3-7-16-17(15)19-10-22-16/h1-10H. The number of halogens is 1. The van der Waals surface area contributed by atoms with Gasteiger partial charge in [0.15, 0.2) is 0 Å². The number of thiazole rings is 1. The first-order valence-corrected chi connectivity index (χ1v) is 8.00. The topological polar surface area (TPSA) is 37.6 Å². The minimum Gasteiger partial charge on any atom is -0.242 e. The van der Waals surface area contributed by atoms with Crippen LogP contribution in [0.2, 0.25) is 5.02 Å². The number of azo groups is 1. The Labute approximate surface area is 135 Å². The van der Waals surface area contributed by atoms with Crippen LogP contribution in [0.4, 0.5) is 11.4 Å². The third-order valence-electron chi connectivity index (χ3n) is 3.45. The fourth-order valence-electron chi connectivity index (χ4n) is 2.39. The highest BCUT2D eigenvalue weighted by atomic mass is 35.5. The third kappa shape index (κ3) is 2.26. The van der Waals surface area contributed by atoms with Crippen molar-refractivity contribution in [3.8, 4) is 0 Å². The minimum atomic E-state index is 0.719. The van der Waals surface area contributed by atoms with Crippen LogP contribution in [0.15, 0.2) is 70.3 Å². The number of fused-ring (bicyclic) bond motifs is 2. The van der Waals surface area contributed by atoms with E-state index in [0.29, 0.717) is 0 Å². The molecule has 3 nitrogen and oxygen atoms in total. The molecule has 0 amide bonds. The highest BCUT2D eigenvalue weighted by Gasteiger charge is 2.05. The van der Waals surface area contributed by atoms with Crippen LogP contribution in [0.5, 0.6) is 0 Å². The molecular weight excluding hydrogens is 314 g/mol. The maximum Gasteiger partial charge on any atom is 0.113 e. The molecule has 0 atom stereocenters. The third-order valence-corrected chi connectivity index (χ3v) is 4.58. The molecule has 0 aliphatic carbocycles. The second-order valence-electron chi connectivity index (χ2n) is 4.79. The molecule has 0 aliphatic heterocycles. The van der Waals surface area contributed by atoms with E-state index in [1.165, 1.54) is 0 Å². The van der Waals surface area contributed by atoms with Crippen LogP contribution in [-0.4, -0.2) is 4.98 Å². The van der Waals surface area contributed by atoms with Gasteiger partial charge in [-0.25, -0.2) is 4.98 Å². The van der Waals surface area contributed by atoms with Gasteiger partial charge in [-0.3, -0.25) is 0 Å². The summed E-state index contributed by atoms with van der Waals surface area (Å²) in [7, 11) is 0. The van der Waals surface area contributed by atoms with Crippen LogP contribution in [-0.2, 0) is 0 Å². The number of hydrogen-bond donors (Lipinski definition) is 0. The van der Waals surface area contributed by atoms with Gasteiger partial charge in [0.1, 0.15) is 11.2 Å². The van der Waals surface area contributed by atoms with Gasteiger partial charge in [-0.1, -0.05) is 41.9 Å². The van der Waals surface area contributed by atoms with E-state index in [1.807, 2.05) is 60.1 Å². The number of aromatic nitrogens is 1. The van der Waals surface area contributed by atoms with Crippen molar-refractivity contribution in [2.45, 2.75) is 0 Å². The highest BCUT2D eigenvalue weighted by molar-refractivity contribution is 7.16. The van der Waals surface area contributed by atoms with Crippen LogP contribution >= 0.6 is 22.9 Å². The summed E-state index contributed by atoms with van der Waals surface area (Å²) in [5, 5.41) is 11.5. The first-order valence-electron chi connectivity index (χ1n) is 6.74. The lowest BCUT2D eigenvalue weighted by molar-refractivity contribution is 1.24. The van der Waals surface area contributed by atoms with Crippen molar-refractivity contribution in [3.63, 3.8) is 0 Å². The maximum atomic E-state index is 6.23. The predicted octanol–water partition coefficient (Wildman–Crippen LogP) is 6.52. The Balaban J connectivity index is 1.84. The molecule has 0 unspecified atom stereocenters. The molecule has 4 aromatic rings. The molecule has 3 aromatic carbocycles. The second kappa shape index (κ2) is 5.48. The van der Waals surface area contributed by atoms with Crippen LogP contribution in [0.25, 0.3) is 21.0 Å². The molecule has 1 aromatic heterocycles. The normalized spacial score (nSPS) is 11.7. The van der Waals surface area contributed by atoms with Gasteiger partial charge in [-0.05, 0) is 24.3 Å². The SMILES string of the molecule is Clc1ccc(N=Nc2cccc3scnc23)c2ccccc12. The largest absolute Gasteiger partial charge is 0.242 e. The molecular formula is C17H10ClN3S. The van der Waals surface area contributed by atoms with Crippen LogP contribution in [0, 0.1) is 0 Å². The Morgan fingerprint density at radius 3 is 2.55 bits per heavy atom. The molecule has 0 bridgehead atoms. The van der Waals surface area contributed by atoms with Crippen molar-refractivity contribution in [1.29, 1.82) is 0 Å². The molecule has 0 N–H and O–H groups in total. The molecule has 0 fully saturated rings. The fourth-order valence-corrected chi connectivity index (χ4v) is 3.32. The Morgan fingerprint density at radius 2 is 1.64 bits per heavy atom. The summed E-state index contributed by atoms with van der Waals surface area (Å²) < 4.78 is 1.11. The lowest BCUT2D eigenvalue weighted by atomic mass is 10.1. The van der Waals surface area contributed by atoms with E-state index in [1.54, 1.807) is 11.3 Å². The van der Waals surface area contributed by atoms with Gasteiger partial charge in [0.05, 0.1) is 15.9 Å². The van der Waals surface area contributed by atoms with Gasteiger partial charge < -0.3 is 0 Å². The quantitative estimate of drug-likeness (QED) is 0.387. The summed E-state index contributed by atoms with van der Waals surface area (Å²) in [5.74, 6) is 0. The van der Waals surface area contributed by atoms with Crippen molar-refractivity contribution in [3.05, 3.63) is 65.1 Å². The van der Waals surface area contributed by atoms with Crippen molar-refractivity contribution in [1.82, 2.24) is 4.98 Å². The Hall–Kier alpha value is -2.30. The highest BCUT2D eigenvalue weighted by Crippen LogP contribution is 2.34. The molecule has 106 valence electrons. The van der Waals surface area contributed by atoms with Gasteiger partial charge in [0.2, 0.25) is 0 Å². The lowest BCUT2D eigenvalue weighted by Gasteiger charge is -2.03. The summed E-state index contributed by atoms with van der Waals surface area (Å²) in [6.07, 6.45) is 0. The molecule has 22 heavy (non-hydrogen) atoms. The second-order valence-corrected chi connectivity index (χ2v) is 6.08. The van der Waals surface area contributed by atoms with Gasteiger partial charge in [0, 0.05) is 15.8 Å². The smallest absolute Gasteiger partial charge is 0.113 e. The van der Waals surface area contributed by atoms with Crippen molar-refractivity contribution in [2.24, 2.45) is 10.2 Å². The summed E-state index contributed by atoms with van der Waals surface area (Å²) in [6, 6.07) is 17.6. The summed E-state index contributed by atoms with van der Waals surface area (Å²) >= 11 is 7.83. The molecule has 1 heterocycles. The summed E-state index contributed by atoms with van der Waals surface area (Å²) in [5.41, 5.74) is 4.28. The van der Waals surface area contributed by atoms with Crippen molar-refractivity contribution >= 4 is 55.3 Å². The molecule has 4 rings (SSSR count). The molecule has 0 aliphatic rings. The monoisotopic (exact) mass is 323 g/mol. The van der Waals surface area contributed by atoms with E-state index in [4.69, 9.17) is 11.6 Å². The van der Waals surface area contributed by atoms with E-state index in [0.717, 1.165) is 37.4 Å². The maximum absolute atomic E-state index is 6.23. The Kier molecular flexibility index (Phi) is 3.33. The Bertz CT molecular complexity index is 1010. The first kappa shape index (κ1) is 13.4. The number of rotatable bonds is 2. The van der Waals surface area contributed by atoms with E-state index < -0.39 is 0 Å². The number of nitrogens with zero attached hydrogens (tertiary/aromatic N) is 3. The number of hydrogen-bond acceptors (Lipinski definition) is 4. The predicted molar refractivity (Wildman–Crippen MR) is 92.8 cm³/mol. The van der Waals surface area contributed by atoms with E-state index in [-0.39, 0.29) is 0 Å². The lowest BCUT2D eigenvalue weighted by Crippen LogP contribution is -1.75. The molecule has 0 radical (unpaired) electrons. The van der Waals surface area contributed by atoms with Gasteiger partial charge in [0.25, 0.3) is 0 Å². The van der Waals surface area contributed by atoms with Crippen LogP contribution < -0.4 is 0 Å². The zero-order valence-corrected chi connectivity index (χ0v) is 13.0.